The van der Waals surface area contributed by atoms with E-state index < -0.39 is 11.7 Å². The first kappa shape index (κ1) is 15.4. The SMILES string of the molecule is O=C(Nc1cccc2ncccc12)c1ccccc1SC(F)F. The van der Waals surface area contributed by atoms with Crippen molar-refractivity contribution < 1.29 is 13.6 Å². The van der Waals surface area contributed by atoms with Crippen LogP contribution in [0.2, 0.25) is 0 Å². The Kier molecular flexibility index (Phi) is 4.52. The van der Waals surface area contributed by atoms with E-state index in [9.17, 15) is 13.6 Å². The average Bonchev–Trinajstić information content (AvgIpc) is 2.55. The Bertz CT molecular complexity index is 849. The molecule has 0 fully saturated rings. The second-order valence-corrected chi connectivity index (χ2v) is 5.74. The van der Waals surface area contributed by atoms with Gasteiger partial charge in [0, 0.05) is 16.5 Å². The third kappa shape index (κ3) is 3.48. The summed E-state index contributed by atoms with van der Waals surface area (Å²) >= 11 is 0.361. The second-order valence-electron chi connectivity index (χ2n) is 4.70. The molecule has 0 bridgehead atoms. The minimum Gasteiger partial charge on any atom is -0.321 e. The van der Waals surface area contributed by atoms with E-state index in [4.69, 9.17) is 0 Å². The van der Waals surface area contributed by atoms with Crippen molar-refractivity contribution in [3.05, 3.63) is 66.4 Å². The summed E-state index contributed by atoms with van der Waals surface area (Å²) in [5, 5.41) is 3.57. The quantitative estimate of drug-likeness (QED) is 0.699. The number of rotatable bonds is 4. The van der Waals surface area contributed by atoms with Gasteiger partial charge in [-0.15, -0.1) is 0 Å². The topological polar surface area (TPSA) is 42.0 Å². The van der Waals surface area contributed by atoms with Gasteiger partial charge in [0.25, 0.3) is 11.7 Å². The first-order valence-electron chi connectivity index (χ1n) is 6.84. The Balaban J connectivity index is 1.93. The number of hydrogen-bond acceptors (Lipinski definition) is 3. The number of benzene rings is 2. The molecule has 0 radical (unpaired) electrons. The van der Waals surface area contributed by atoms with Crippen LogP contribution in [0, 0.1) is 0 Å². The first-order valence-corrected chi connectivity index (χ1v) is 7.72. The van der Waals surface area contributed by atoms with Gasteiger partial charge in [-0.1, -0.05) is 30.0 Å². The Hall–Kier alpha value is -2.47. The van der Waals surface area contributed by atoms with Crippen molar-refractivity contribution >= 4 is 34.3 Å². The number of nitrogens with zero attached hydrogens (tertiary/aromatic N) is 1. The summed E-state index contributed by atoms with van der Waals surface area (Å²) in [5.41, 5.74) is 1.57. The maximum Gasteiger partial charge on any atom is 0.288 e. The van der Waals surface area contributed by atoms with E-state index in [1.165, 1.54) is 12.1 Å². The Morgan fingerprint density at radius 2 is 1.87 bits per heavy atom. The van der Waals surface area contributed by atoms with Gasteiger partial charge in [0.05, 0.1) is 16.8 Å². The number of carbonyl (C=O) groups excluding carboxylic acids is 1. The summed E-state index contributed by atoms with van der Waals surface area (Å²) in [6.07, 6.45) is 1.67. The minimum atomic E-state index is -2.58. The van der Waals surface area contributed by atoms with Crippen molar-refractivity contribution in [3.8, 4) is 0 Å². The van der Waals surface area contributed by atoms with Gasteiger partial charge < -0.3 is 5.32 Å². The fourth-order valence-corrected chi connectivity index (χ4v) is 2.89. The number of hydrogen-bond donors (Lipinski definition) is 1. The number of pyridine rings is 1. The summed E-state index contributed by atoms with van der Waals surface area (Å²) in [4.78, 5) is 16.9. The number of anilines is 1. The van der Waals surface area contributed by atoms with E-state index in [0.29, 0.717) is 17.4 Å². The summed E-state index contributed by atoms with van der Waals surface area (Å²) in [5.74, 6) is -3.00. The average molecular weight is 330 g/mol. The van der Waals surface area contributed by atoms with Gasteiger partial charge in [-0.25, -0.2) is 0 Å². The molecule has 0 spiro atoms. The van der Waals surface area contributed by atoms with Crippen LogP contribution in [-0.2, 0) is 0 Å². The Morgan fingerprint density at radius 1 is 1.04 bits per heavy atom. The van der Waals surface area contributed by atoms with E-state index in [2.05, 4.69) is 10.3 Å². The molecule has 3 aromatic rings. The molecule has 6 heteroatoms. The zero-order valence-electron chi connectivity index (χ0n) is 11.9. The number of fused-ring (bicyclic) bond motifs is 1. The zero-order chi connectivity index (χ0) is 16.2. The Morgan fingerprint density at radius 3 is 2.70 bits per heavy atom. The van der Waals surface area contributed by atoms with Crippen LogP contribution in [0.3, 0.4) is 0 Å². The van der Waals surface area contributed by atoms with E-state index in [1.807, 2.05) is 12.1 Å². The van der Waals surface area contributed by atoms with Crippen LogP contribution < -0.4 is 5.32 Å². The minimum absolute atomic E-state index is 0.221. The summed E-state index contributed by atoms with van der Waals surface area (Å²) in [7, 11) is 0. The van der Waals surface area contributed by atoms with Crippen LogP contribution >= 0.6 is 11.8 Å². The molecule has 1 N–H and O–H groups in total. The predicted octanol–water partition coefficient (Wildman–Crippen LogP) is 4.80. The van der Waals surface area contributed by atoms with E-state index in [1.54, 1.807) is 36.5 Å². The highest BCUT2D eigenvalue weighted by atomic mass is 32.2. The van der Waals surface area contributed by atoms with Gasteiger partial charge in [0.2, 0.25) is 0 Å². The molecular weight excluding hydrogens is 318 g/mol. The summed E-state index contributed by atoms with van der Waals surface area (Å²) < 4.78 is 25.2. The molecule has 2 aromatic carbocycles. The van der Waals surface area contributed by atoms with Gasteiger partial charge in [-0.2, -0.15) is 8.78 Å². The van der Waals surface area contributed by atoms with Gasteiger partial charge in [-0.3, -0.25) is 9.78 Å². The lowest BCUT2D eigenvalue weighted by molar-refractivity contribution is 0.102. The highest BCUT2D eigenvalue weighted by molar-refractivity contribution is 7.99. The molecule has 116 valence electrons. The maximum atomic E-state index is 12.6. The maximum absolute atomic E-state index is 12.6. The molecule has 1 amide bonds. The number of aromatic nitrogens is 1. The predicted molar refractivity (Wildman–Crippen MR) is 88.0 cm³/mol. The van der Waals surface area contributed by atoms with Crippen LogP contribution in [0.4, 0.5) is 14.5 Å². The molecule has 23 heavy (non-hydrogen) atoms. The third-order valence-corrected chi connectivity index (χ3v) is 4.03. The molecule has 0 unspecified atom stereocenters. The number of alkyl halides is 2. The first-order chi connectivity index (χ1) is 11.1. The molecule has 3 rings (SSSR count). The van der Waals surface area contributed by atoms with Crippen LogP contribution in [0.15, 0.2) is 65.7 Å². The zero-order valence-corrected chi connectivity index (χ0v) is 12.7. The number of nitrogens with one attached hydrogen (secondary N) is 1. The van der Waals surface area contributed by atoms with Crippen molar-refractivity contribution in [2.45, 2.75) is 10.7 Å². The van der Waals surface area contributed by atoms with Crippen molar-refractivity contribution in [1.29, 1.82) is 0 Å². The van der Waals surface area contributed by atoms with Gasteiger partial charge in [-0.05, 0) is 36.4 Å². The number of halogens is 2. The van der Waals surface area contributed by atoms with Crippen LogP contribution in [0.25, 0.3) is 10.9 Å². The highest BCUT2D eigenvalue weighted by Crippen LogP contribution is 2.29. The third-order valence-electron chi connectivity index (χ3n) is 3.24. The van der Waals surface area contributed by atoms with E-state index in [0.717, 1.165) is 10.9 Å². The van der Waals surface area contributed by atoms with Crippen molar-refractivity contribution in [3.63, 3.8) is 0 Å². The molecule has 0 saturated carbocycles. The monoisotopic (exact) mass is 330 g/mol. The lowest BCUT2D eigenvalue weighted by Crippen LogP contribution is -2.13. The van der Waals surface area contributed by atoms with Gasteiger partial charge >= 0.3 is 0 Å². The van der Waals surface area contributed by atoms with E-state index in [-0.39, 0.29) is 10.5 Å². The molecule has 0 aliphatic heterocycles. The van der Waals surface area contributed by atoms with E-state index >= 15 is 0 Å². The molecule has 1 aromatic heterocycles. The lowest BCUT2D eigenvalue weighted by atomic mass is 10.1. The lowest BCUT2D eigenvalue weighted by Gasteiger charge is -2.11. The molecule has 1 heterocycles. The van der Waals surface area contributed by atoms with Crippen LogP contribution in [-0.4, -0.2) is 16.6 Å². The normalized spacial score (nSPS) is 10.9. The second kappa shape index (κ2) is 6.75. The fourth-order valence-electron chi connectivity index (χ4n) is 2.25. The molecule has 0 aliphatic carbocycles. The highest BCUT2D eigenvalue weighted by Gasteiger charge is 2.16. The van der Waals surface area contributed by atoms with Crippen LogP contribution in [0.5, 0.6) is 0 Å². The van der Waals surface area contributed by atoms with Gasteiger partial charge in [0.1, 0.15) is 0 Å². The fraction of sp³-hybridized carbons (Fsp3) is 0.0588. The van der Waals surface area contributed by atoms with Crippen molar-refractivity contribution in [2.24, 2.45) is 0 Å². The molecule has 0 aliphatic rings. The summed E-state index contributed by atoms with van der Waals surface area (Å²) in [6, 6.07) is 15.3. The molecule has 3 nitrogen and oxygen atoms in total. The number of thioether (sulfide) groups is 1. The summed E-state index contributed by atoms with van der Waals surface area (Å²) in [6.45, 7) is 0. The standard InChI is InChI=1S/C17H12F2N2OS/c18-17(19)23-15-9-2-1-5-12(15)16(22)21-14-8-3-7-13-11(14)6-4-10-20-13/h1-10,17H,(H,21,22). The van der Waals surface area contributed by atoms with Crippen LogP contribution in [0.1, 0.15) is 10.4 Å². The number of carbonyl (C=O) groups is 1. The largest absolute Gasteiger partial charge is 0.321 e. The number of amides is 1. The van der Waals surface area contributed by atoms with Gasteiger partial charge in [0.15, 0.2) is 0 Å². The molecular formula is C17H12F2N2OS. The van der Waals surface area contributed by atoms with Crippen molar-refractivity contribution in [1.82, 2.24) is 4.98 Å². The Labute approximate surface area is 135 Å². The van der Waals surface area contributed by atoms with Crippen molar-refractivity contribution in [2.75, 3.05) is 5.32 Å². The smallest absolute Gasteiger partial charge is 0.288 e. The molecule has 0 atom stereocenters. The molecule has 0 saturated heterocycles.